The molecule has 2 unspecified atom stereocenters. The predicted molar refractivity (Wildman–Crippen MR) is 38.0 cm³/mol. The summed E-state index contributed by atoms with van der Waals surface area (Å²) >= 11 is 0. The minimum Gasteiger partial charge on any atom is -0.337 e. The van der Waals surface area contributed by atoms with Crippen molar-refractivity contribution < 1.29 is 4.79 Å². The van der Waals surface area contributed by atoms with Gasteiger partial charge in [0, 0.05) is 6.54 Å². The molecule has 1 aliphatic carbocycles. The SMILES string of the molecule is CC1CC1CNC(=O)NN. The molecule has 0 aromatic carbocycles. The second kappa shape index (κ2) is 2.88. The van der Waals surface area contributed by atoms with Crippen LogP contribution in [-0.4, -0.2) is 12.6 Å². The number of nitrogens with two attached hydrogens (primary N) is 1. The standard InChI is InChI=1S/C6H13N3O/c1-4-2-5(4)3-8-6(10)9-7/h4-5H,2-3,7H2,1H3,(H2,8,9,10). The number of amides is 2. The number of carbonyl (C=O) groups is 1. The topological polar surface area (TPSA) is 67.2 Å². The number of urea groups is 1. The highest BCUT2D eigenvalue weighted by Gasteiger charge is 2.32. The van der Waals surface area contributed by atoms with Gasteiger partial charge in [0.05, 0.1) is 0 Å². The molecule has 0 bridgehead atoms. The second-order valence-electron chi connectivity index (χ2n) is 2.83. The Morgan fingerprint density at radius 3 is 2.80 bits per heavy atom. The third kappa shape index (κ3) is 1.88. The number of hydrogen-bond acceptors (Lipinski definition) is 2. The minimum atomic E-state index is -0.292. The fraction of sp³-hybridized carbons (Fsp3) is 0.833. The summed E-state index contributed by atoms with van der Waals surface area (Å²) in [6, 6.07) is -0.292. The molecule has 0 saturated heterocycles. The molecule has 4 N–H and O–H groups in total. The van der Waals surface area contributed by atoms with E-state index in [1.54, 1.807) is 0 Å². The van der Waals surface area contributed by atoms with Gasteiger partial charge in [-0.15, -0.1) is 0 Å². The first-order valence-corrected chi connectivity index (χ1v) is 3.48. The van der Waals surface area contributed by atoms with Gasteiger partial charge in [-0.1, -0.05) is 6.92 Å². The van der Waals surface area contributed by atoms with Gasteiger partial charge in [0.15, 0.2) is 0 Å². The summed E-state index contributed by atoms with van der Waals surface area (Å²) in [5, 5.41) is 2.65. The third-order valence-electron chi connectivity index (χ3n) is 1.93. The van der Waals surface area contributed by atoms with Crippen molar-refractivity contribution in [1.82, 2.24) is 10.7 Å². The van der Waals surface area contributed by atoms with E-state index in [4.69, 9.17) is 5.84 Å². The molecular weight excluding hydrogens is 130 g/mol. The van der Waals surface area contributed by atoms with Crippen molar-refractivity contribution in [3.63, 3.8) is 0 Å². The van der Waals surface area contributed by atoms with E-state index in [0.29, 0.717) is 5.92 Å². The molecule has 0 heterocycles. The van der Waals surface area contributed by atoms with Crippen LogP contribution in [0.1, 0.15) is 13.3 Å². The monoisotopic (exact) mass is 143 g/mol. The fourth-order valence-electron chi connectivity index (χ4n) is 0.958. The Bertz CT molecular complexity index is 137. The van der Waals surface area contributed by atoms with Gasteiger partial charge in [-0.05, 0) is 18.3 Å². The number of nitrogens with one attached hydrogen (secondary N) is 2. The van der Waals surface area contributed by atoms with E-state index in [-0.39, 0.29) is 6.03 Å². The molecule has 1 rings (SSSR count). The highest BCUT2D eigenvalue weighted by Crippen LogP contribution is 2.36. The summed E-state index contributed by atoms with van der Waals surface area (Å²) < 4.78 is 0. The first-order valence-electron chi connectivity index (χ1n) is 3.48. The molecule has 2 amide bonds. The minimum absolute atomic E-state index is 0.292. The lowest BCUT2D eigenvalue weighted by atomic mass is 10.3. The lowest BCUT2D eigenvalue weighted by Crippen LogP contribution is -2.40. The molecule has 4 heteroatoms. The molecule has 1 saturated carbocycles. The number of rotatable bonds is 2. The van der Waals surface area contributed by atoms with Crippen LogP contribution in [0.2, 0.25) is 0 Å². The zero-order valence-corrected chi connectivity index (χ0v) is 6.05. The van der Waals surface area contributed by atoms with E-state index in [1.165, 1.54) is 6.42 Å². The Kier molecular flexibility index (Phi) is 2.11. The van der Waals surface area contributed by atoms with Crippen molar-refractivity contribution in [2.75, 3.05) is 6.54 Å². The first-order chi connectivity index (χ1) is 4.74. The van der Waals surface area contributed by atoms with Gasteiger partial charge in [-0.2, -0.15) is 0 Å². The van der Waals surface area contributed by atoms with Crippen LogP contribution in [0.15, 0.2) is 0 Å². The van der Waals surface area contributed by atoms with Crippen molar-refractivity contribution in [3.8, 4) is 0 Å². The van der Waals surface area contributed by atoms with E-state index >= 15 is 0 Å². The maximum absolute atomic E-state index is 10.5. The van der Waals surface area contributed by atoms with Gasteiger partial charge in [-0.25, -0.2) is 10.6 Å². The molecule has 0 radical (unpaired) electrons. The van der Waals surface area contributed by atoms with E-state index in [1.807, 2.05) is 5.43 Å². The van der Waals surface area contributed by atoms with E-state index in [9.17, 15) is 4.79 Å². The molecule has 2 atom stereocenters. The summed E-state index contributed by atoms with van der Waals surface area (Å²) in [5.41, 5.74) is 2.01. The van der Waals surface area contributed by atoms with E-state index in [0.717, 1.165) is 12.5 Å². The number of carbonyl (C=O) groups excluding carboxylic acids is 1. The summed E-state index contributed by atoms with van der Waals surface area (Å²) in [6.45, 7) is 2.93. The van der Waals surface area contributed by atoms with Crippen LogP contribution in [0.3, 0.4) is 0 Å². The maximum atomic E-state index is 10.5. The van der Waals surface area contributed by atoms with Crippen molar-refractivity contribution in [3.05, 3.63) is 0 Å². The summed E-state index contributed by atoms with van der Waals surface area (Å²) in [4.78, 5) is 10.5. The third-order valence-corrected chi connectivity index (χ3v) is 1.93. The zero-order chi connectivity index (χ0) is 7.56. The number of hydrazine groups is 1. The molecule has 0 spiro atoms. The Morgan fingerprint density at radius 1 is 1.80 bits per heavy atom. The molecule has 1 aliphatic rings. The van der Waals surface area contributed by atoms with Gasteiger partial charge >= 0.3 is 6.03 Å². The Labute approximate surface area is 60.1 Å². The molecule has 4 nitrogen and oxygen atoms in total. The van der Waals surface area contributed by atoms with Crippen LogP contribution in [-0.2, 0) is 0 Å². The van der Waals surface area contributed by atoms with Crippen molar-refractivity contribution in [2.45, 2.75) is 13.3 Å². The van der Waals surface area contributed by atoms with Crippen LogP contribution in [0.25, 0.3) is 0 Å². The lowest BCUT2D eigenvalue weighted by Gasteiger charge is -2.00. The molecule has 0 aromatic rings. The van der Waals surface area contributed by atoms with Crippen molar-refractivity contribution in [2.24, 2.45) is 17.7 Å². The molecular formula is C6H13N3O. The van der Waals surface area contributed by atoms with Crippen LogP contribution in [0, 0.1) is 11.8 Å². The largest absolute Gasteiger partial charge is 0.337 e. The van der Waals surface area contributed by atoms with Crippen LogP contribution in [0.5, 0.6) is 0 Å². The molecule has 0 aliphatic heterocycles. The van der Waals surface area contributed by atoms with Gasteiger partial charge in [-0.3, -0.25) is 5.43 Å². The highest BCUT2D eigenvalue weighted by atomic mass is 16.2. The highest BCUT2D eigenvalue weighted by molar-refractivity contribution is 5.73. The van der Waals surface area contributed by atoms with Gasteiger partial charge in [0.2, 0.25) is 0 Å². The summed E-state index contributed by atoms with van der Waals surface area (Å²) in [7, 11) is 0. The molecule has 1 fully saturated rings. The molecule has 0 aromatic heterocycles. The van der Waals surface area contributed by atoms with Gasteiger partial charge < -0.3 is 5.32 Å². The van der Waals surface area contributed by atoms with Crippen LogP contribution in [0.4, 0.5) is 4.79 Å². The van der Waals surface area contributed by atoms with E-state index < -0.39 is 0 Å². The van der Waals surface area contributed by atoms with Crippen molar-refractivity contribution >= 4 is 6.03 Å². The molecule has 10 heavy (non-hydrogen) atoms. The van der Waals surface area contributed by atoms with Crippen molar-refractivity contribution in [1.29, 1.82) is 0 Å². The lowest BCUT2D eigenvalue weighted by molar-refractivity contribution is 0.240. The Morgan fingerprint density at radius 2 is 2.40 bits per heavy atom. The van der Waals surface area contributed by atoms with Gasteiger partial charge in [0.1, 0.15) is 0 Å². The molecule has 58 valence electrons. The quantitative estimate of drug-likeness (QED) is 0.285. The predicted octanol–water partition coefficient (Wildman–Crippen LogP) is -0.185. The van der Waals surface area contributed by atoms with Crippen LogP contribution >= 0.6 is 0 Å². The average Bonchev–Trinajstić information content (AvgIpc) is 2.61. The Balaban J connectivity index is 2.00. The average molecular weight is 143 g/mol. The fourth-order valence-corrected chi connectivity index (χ4v) is 0.958. The summed E-state index contributed by atoms with van der Waals surface area (Å²) in [6.07, 6.45) is 1.23. The maximum Gasteiger partial charge on any atom is 0.328 e. The normalized spacial score (nSPS) is 29.4. The first kappa shape index (κ1) is 7.34. The zero-order valence-electron chi connectivity index (χ0n) is 6.05. The number of hydrogen-bond donors (Lipinski definition) is 3. The smallest absolute Gasteiger partial charge is 0.328 e. The van der Waals surface area contributed by atoms with E-state index in [2.05, 4.69) is 12.2 Å². The summed E-state index contributed by atoms with van der Waals surface area (Å²) in [5.74, 6) is 6.31. The second-order valence-corrected chi connectivity index (χ2v) is 2.83. The van der Waals surface area contributed by atoms with Crippen LogP contribution < -0.4 is 16.6 Å². The Hall–Kier alpha value is -0.770. The van der Waals surface area contributed by atoms with Gasteiger partial charge in [0.25, 0.3) is 0 Å².